The van der Waals surface area contributed by atoms with E-state index in [1.165, 1.54) is 7.11 Å². The number of anilines is 1. The van der Waals surface area contributed by atoms with Crippen LogP contribution in [0.1, 0.15) is 54.4 Å². The monoisotopic (exact) mass is 602 g/mol. The smallest absolute Gasteiger partial charge is 0.339 e. The van der Waals surface area contributed by atoms with E-state index in [2.05, 4.69) is 32.2 Å². The molecular weight excluding hydrogens is 571 g/mol. The second kappa shape index (κ2) is 12.2. The third kappa shape index (κ3) is 6.45. The van der Waals surface area contributed by atoms with Crippen molar-refractivity contribution in [3.63, 3.8) is 0 Å². The molecule has 1 amide bonds. The van der Waals surface area contributed by atoms with Crippen LogP contribution in [0.4, 0.5) is 5.69 Å². The topological polar surface area (TPSA) is 77.5 Å². The van der Waals surface area contributed by atoms with Crippen LogP contribution >= 0.6 is 23.2 Å². The first-order valence-electron chi connectivity index (χ1n) is 13.7. The first-order valence-corrected chi connectivity index (χ1v) is 14.5. The lowest BCUT2D eigenvalue weighted by Gasteiger charge is -2.36. The summed E-state index contributed by atoms with van der Waals surface area (Å²) >= 11 is 12.4. The molecule has 1 N–H and O–H groups in total. The number of hydrogen-bond donors (Lipinski definition) is 1. The maximum absolute atomic E-state index is 13.8. The number of nitrogens with zero attached hydrogens (tertiary/aromatic N) is 1. The summed E-state index contributed by atoms with van der Waals surface area (Å²) in [5, 5.41) is 4.49. The lowest BCUT2D eigenvalue weighted by molar-refractivity contribution is -0.119. The molecule has 216 valence electrons. The van der Waals surface area contributed by atoms with Gasteiger partial charge in [-0.2, -0.15) is 0 Å². The maximum atomic E-state index is 13.8. The fourth-order valence-corrected chi connectivity index (χ4v) is 5.71. The molecule has 0 saturated carbocycles. The highest BCUT2D eigenvalue weighted by molar-refractivity contribution is 6.31. The van der Waals surface area contributed by atoms with Crippen LogP contribution in [0.2, 0.25) is 10.0 Å². The second-order valence-corrected chi connectivity index (χ2v) is 12.4. The van der Waals surface area contributed by atoms with Gasteiger partial charge in [-0.3, -0.25) is 4.79 Å². The number of halogens is 2. The SMILES string of the molecule is COc1ccc(Cl)cc1NC(=O)COC(=O)c1c2c(nc3ccccc13)/C(=C\c1cccc(Cl)c1)C[C@@H](C(C)(C)C)C2. The molecule has 1 aliphatic carbocycles. The molecule has 1 aliphatic rings. The lowest BCUT2D eigenvalue weighted by atomic mass is 9.69. The summed E-state index contributed by atoms with van der Waals surface area (Å²) in [6, 6.07) is 20.1. The highest BCUT2D eigenvalue weighted by Gasteiger charge is 2.35. The largest absolute Gasteiger partial charge is 0.495 e. The average Bonchev–Trinajstić information content (AvgIpc) is 2.94. The second-order valence-electron chi connectivity index (χ2n) is 11.5. The summed E-state index contributed by atoms with van der Waals surface area (Å²) in [7, 11) is 1.50. The van der Waals surface area contributed by atoms with Gasteiger partial charge in [0.05, 0.1) is 29.6 Å². The van der Waals surface area contributed by atoms with E-state index in [1.54, 1.807) is 18.2 Å². The van der Waals surface area contributed by atoms with Gasteiger partial charge in [0.2, 0.25) is 0 Å². The average molecular weight is 604 g/mol. The van der Waals surface area contributed by atoms with Crippen molar-refractivity contribution in [2.75, 3.05) is 19.0 Å². The van der Waals surface area contributed by atoms with Crippen LogP contribution in [0.5, 0.6) is 5.75 Å². The van der Waals surface area contributed by atoms with E-state index >= 15 is 0 Å². The summed E-state index contributed by atoms with van der Waals surface area (Å²) < 4.78 is 10.9. The zero-order chi connectivity index (χ0) is 30.0. The molecule has 3 aromatic carbocycles. The number of benzene rings is 3. The van der Waals surface area contributed by atoms with Crippen LogP contribution in [0.3, 0.4) is 0 Å². The Bertz CT molecular complexity index is 1710. The number of carbonyl (C=O) groups is 2. The number of esters is 1. The highest BCUT2D eigenvalue weighted by atomic mass is 35.5. The summed E-state index contributed by atoms with van der Waals surface area (Å²) in [5.41, 5.74) is 5.07. The van der Waals surface area contributed by atoms with Crippen molar-refractivity contribution in [3.8, 4) is 5.75 Å². The number of allylic oxidation sites excluding steroid dienone is 1. The molecule has 0 aliphatic heterocycles. The Kier molecular flexibility index (Phi) is 8.58. The summed E-state index contributed by atoms with van der Waals surface area (Å²) in [6.45, 7) is 6.15. The number of aromatic nitrogens is 1. The molecule has 0 unspecified atom stereocenters. The summed E-state index contributed by atoms with van der Waals surface area (Å²) in [4.78, 5) is 31.7. The van der Waals surface area contributed by atoms with Gasteiger partial charge in [0.1, 0.15) is 5.75 Å². The number of para-hydroxylation sites is 1. The van der Waals surface area contributed by atoms with Crippen LogP contribution in [0.15, 0.2) is 66.7 Å². The van der Waals surface area contributed by atoms with Crippen molar-refractivity contribution >= 4 is 63.3 Å². The zero-order valence-corrected chi connectivity index (χ0v) is 25.5. The van der Waals surface area contributed by atoms with Gasteiger partial charge in [-0.15, -0.1) is 0 Å². The van der Waals surface area contributed by atoms with Gasteiger partial charge in [0.15, 0.2) is 6.61 Å². The number of rotatable bonds is 6. The Morgan fingerprint density at radius 2 is 1.76 bits per heavy atom. The molecule has 0 fully saturated rings. The van der Waals surface area contributed by atoms with Crippen LogP contribution in [0, 0.1) is 11.3 Å². The van der Waals surface area contributed by atoms with Crippen molar-refractivity contribution in [1.82, 2.24) is 4.98 Å². The van der Waals surface area contributed by atoms with E-state index in [0.29, 0.717) is 44.4 Å². The van der Waals surface area contributed by atoms with E-state index in [9.17, 15) is 9.59 Å². The number of amides is 1. The van der Waals surface area contributed by atoms with Crippen molar-refractivity contribution in [2.45, 2.75) is 33.6 Å². The molecule has 0 saturated heterocycles. The molecule has 4 aromatic rings. The first kappa shape index (κ1) is 29.6. The molecule has 0 radical (unpaired) electrons. The number of methoxy groups -OCH3 is 1. The minimum Gasteiger partial charge on any atom is -0.495 e. The highest BCUT2D eigenvalue weighted by Crippen LogP contribution is 2.45. The number of carbonyl (C=O) groups excluding carboxylic acids is 2. The Morgan fingerprint density at radius 1 is 1.00 bits per heavy atom. The number of ether oxygens (including phenoxy) is 2. The number of hydrogen-bond acceptors (Lipinski definition) is 5. The minimum absolute atomic E-state index is 0.0339. The van der Waals surface area contributed by atoms with Gasteiger partial charge in [-0.25, -0.2) is 9.78 Å². The van der Waals surface area contributed by atoms with Crippen molar-refractivity contribution < 1.29 is 19.1 Å². The molecule has 1 atom stereocenters. The van der Waals surface area contributed by atoms with Crippen LogP contribution < -0.4 is 10.1 Å². The van der Waals surface area contributed by atoms with Crippen molar-refractivity contribution in [1.29, 1.82) is 0 Å². The molecular formula is C34H32Cl2N2O4. The summed E-state index contributed by atoms with van der Waals surface area (Å²) in [6.07, 6.45) is 3.55. The fourth-order valence-electron chi connectivity index (χ4n) is 5.33. The predicted octanol–water partition coefficient (Wildman–Crippen LogP) is 8.49. The molecule has 5 rings (SSSR count). The first-order chi connectivity index (χ1) is 20.0. The van der Waals surface area contributed by atoms with E-state index in [4.69, 9.17) is 37.7 Å². The maximum Gasteiger partial charge on any atom is 0.339 e. The zero-order valence-electron chi connectivity index (χ0n) is 24.0. The molecule has 42 heavy (non-hydrogen) atoms. The molecule has 8 heteroatoms. The fraction of sp³-hybridized carbons (Fsp3) is 0.265. The van der Waals surface area contributed by atoms with Gasteiger partial charge in [0.25, 0.3) is 5.91 Å². The van der Waals surface area contributed by atoms with Gasteiger partial charge in [-0.05, 0) is 83.3 Å². The number of fused-ring (bicyclic) bond motifs is 2. The van der Waals surface area contributed by atoms with Crippen LogP contribution in [-0.2, 0) is 16.0 Å². The van der Waals surface area contributed by atoms with Gasteiger partial charge in [-0.1, -0.05) is 74.3 Å². The Labute approximate surface area is 255 Å². The Morgan fingerprint density at radius 3 is 2.50 bits per heavy atom. The van der Waals surface area contributed by atoms with Crippen LogP contribution in [0.25, 0.3) is 22.6 Å². The molecule has 0 spiro atoms. The van der Waals surface area contributed by atoms with Crippen molar-refractivity contribution in [2.24, 2.45) is 11.3 Å². The molecule has 0 bridgehead atoms. The van der Waals surface area contributed by atoms with Crippen molar-refractivity contribution in [3.05, 3.63) is 99.2 Å². The lowest BCUT2D eigenvalue weighted by Crippen LogP contribution is -2.29. The third-order valence-electron chi connectivity index (χ3n) is 7.60. The van der Waals surface area contributed by atoms with Gasteiger partial charge < -0.3 is 14.8 Å². The van der Waals surface area contributed by atoms with Gasteiger partial charge in [0, 0.05) is 15.4 Å². The summed E-state index contributed by atoms with van der Waals surface area (Å²) in [5.74, 6) is -0.399. The molecule has 1 aromatic heterocycles. The standard InChI is InChI=1S/C34H32Cl2N2O4/c1-34(2,3)22-16-21(14-20-8-7-9-23(35)15-20)32-26(17-22)31(25-10-5-6-11-27(25)38-32)33(40)42-19-30(39)37-28-18-24(36)12-13-29(28)41-4/h5-15,18,22H,16-17,19H2,1-4H3,(H,37,39)/b21-14-/t22-/m1/s1. The number of pyridine rings is 1. The minimum atomic E-state index is -0.574. The Hall–Kier alpha value is -3.87. The molecule has 1 heterocycles. The Balaban J connectivity index is 1.53. The van der Waals surface area contributed by atoms with Gasteiger partial charge >= 0.3 is 5.97 Å². The predicted molar refractivity (Wildman–Crippen MR) is 169 cm³/mol. The molecule has 6 nitrogen and oxygen atoms in total. The quantitative estimate of drug-likeness (QED) is 0.224. The number of nitrogens with one attached hydrogen (secondary N) is 1. The van der Waals surface area contributed by atoms with E-state index < -0.39 is 18.5 Å². The van der Waals surface area contributed by atoms with E-state index in [-0.39, 0.29) is 11.3 Å². The van der Waals surface area contributed by atoms with E-state index in [1.807, 2.05) is 48.5 Å². The normalized spacial score (nSPS) is 15.8. The third-order valence-corrected chi connectivity index (χ3v) is 8.07. The van der Waals surface area contributed by atoms with Crippen LogP contribution in [-0.4, -0.2) is 30.6 Å². The van der Waals surface area contributed by atoms with E-state index in [0.717, 1.165) is 28.8 Å².